The summed E-state index contributed by atoms with van der Waals surface area (Å²) in [6.45, 7) is 2.21. The molecule has 1 aliphatic rings. The van der Waals surface area contributed by atoms with Gasteiger partial charge in [-0.15, -0.1) is 0 Å². The lowest BCUT2D eigenvalue weighted by Gasteiger charge is -2.24. The highest BCUT2D eigenvalue weighted by atomic mass is 32.2. The van der Waals surface area contributed by atoms with Crippen LogP contribution < -0.4 is 0 Å². The Hall–Kier alpha value is -0.480. The molecule has 1 aliphatic carbocycles. The quantitative estimate of drug-likeness (QED) is 0.834. The Labute approximate surface area is 111 Å². The molecular weight excluding hydrogens is 250 g/mol. The van der Waals surface area contributed by atoms with Crippen molar-refractivity contribution in [2.45, 2.75) is 37.5 Å². The van der Waals surface area contributed by atoms with Gasteiger partial charge in [0.25, 0.3) is 5.91 Å². The van der Waals surface area contributed by atoms with Gasteiger partial charge >= 0.3 is 0 Å². The topological polar surface area (TPSA) is 20.3 Å². The third-order valence-electron chi connectivity index (χ3n) is 3.40. The summed E-state index contributed by atoms with van der Waals surface area (Å²) in [5.74, 6) is 1.36. The van der Waals surface area contributed by atoms with Gasteiger partial charge in [0.05, 0.1) is 5.56 Å². The molecule has 0 bridgehead atoms. The minimum atomic E-state index is 0.179. The van der Waals surface area contributed by atoms with Gasteiger partial charge in [-0.1, -0.05) is 6.92 Å². The maximum Gasteiger partial charge on any atom is 0.254 e. The molecule has 1 amide bonds. The number of rotatable bonds is 4. The van der Waals surface area contributed by atoms with E-state index >= 15 is 0 Å². The Morgan fingerprint density at radius 3 is 3.06 bits per heavy atom. The molecule has 4 heteroatoms. The molecule has 1 heterocycles. The zero-order chi connectivity index (χ0) is 12.3. The van der Waals surface area contributed by atoms with Crippen LogP contribution in [0.3, 0.4) is 0 Å². The Morgan fingerprint density at radius 2 is 2.41 bits per heavy atom. The monoisotopic (exact) mass is 269 g/mol. The smallest absolute Gasteiger partial charge is 0.254 e. The Bertz CT molecular complexity index is 364. The van der Waals surface area contributed by atoms with Crippen LogP contribution >= 0.6 is 23.1 Å². The van der Waals surface area contributed by atoms with Crippen LogP contribution in [0.1, 0.15) is 36.5 Å². The summed E-state index contributed by atoms with van der Waals surface area (Å²) in [5, 5.41) is 4.65. The van der Waals surface area contributed by atoms with Gasteiger partial charge in [-0.2, -0.15) is 23.1 Å². The molecule has 94 valence electrons. The van der Waals surface area contributed by atoms with Crippen LogP contribution in [0.2, 0.25) is 0 Å². The molecule has 1 aromatic heterocycles. The van der Waals surface area contributed by atoms with Gasteiger partial charge in [0.15, 0.2) is 0 Å². The van der Waals surface area contributed by atoms with Crippen LogP contribution in [0.4, 0.5) is 0 Å². The van der Waals surface area contributed by atoms with Gasteiger partial charge in [-0.05, 0) is 36.5 Å². The summed E-state index contributed by atoms with van der Waals surface area (Å²) in [5.41, 5.74) is 0.837. The van der Waals surface area contributed by atoms with Crippen molar-refractivity contribution in [3.05, 3.63) is 22.4 Å². The summed E-state index contributed by atoms with van der Waals surface area (Å²) in [6.07, 6.45) is 3.57. The van der Waals surface area contributed by atoms with Gasteiger partial charge in [0, 0.05) is 23.7 Å². The maximum atomic E-state index is 12.2. The van der Waals surface area contributed by atoms with Crippen molar-refractivity contribution in [2.75, 3.05) is 12.8 Å². The molecule has 1 saturated carbocycles. The van der Waals surface area contributed by atoms with E-state index in [1.54, 1.807) is 11.3 Å². The number of amides is 1. The van der Waals surface area contributed by atoms with E-state index in [9.17, 15) is 4.79 Å². The van der Waals surface area contributed by atoms with Crippen molar-refractivity contribution in [2.24, 2.45) is 0 Å². The highest BCUT2D eigenvalue weighted by molar-refractivity contribution is 7.99. The van der Waals surface area contributed by atoms with Crippen molar-refractivity contribution in [1.82, 2.24) is 4.90 Å². The molecule has 17 heavy (non-hydrogen) atoms. The van der Waals surface area contributed by atoms with Crippen LogP contribution in [-0.2, 0) is 0 Å². The molecule has 2 rings (SSSR count). The minimum absolute atomic E-state index is 0.179. The first kappa shape index (κ1) is 13.0. The average molecular weight is 269 g/mol. The minimum Gasteiger partial charge on any atom is -0.339 e. The fourth-order valence-corrected chi connectivity index (χ4v) is 4.17. The average Bonchev–Trinajstić information content (AvgIpc) is 2.98. The SMILES string of the molecule is CCSC1CCC(N(C)C(=O)c2ccsc2)C1. The zero-order valence-corrected chi connectivity index (χ0v) is 12.0. The van der Waals surface area contributed by atoms with E-state index in [0.29, 0.717) is 6.04 Å². The van der Waals surface area contributed by atoms with Gasteiger partial charge in [0.1, 0.15) is 0 Å². The molecule has 0 radical (unpaired) electrons. The summed E-state index contributed by atoms with van der Waals surface area (Å²) < 4.78 is 0. The van der Waals surface area contributed by atoms with E-state index in [4.69, 9.17) is 0 Å². The molecule has 0 saturated heterocycles. The predicted octanol–water partition coefficient (Wildman–Crippen LogP) is 3.49. The highest BCUT2D eigenvalue weighted by Gasteiger charge is 2.30. The predicted molar refractivity (Wildman–Crippen MR) is 76.0 cm³/mol. The van der Waals surface area contributed by atoms with Crippen molar-refractivity contribution in [1.29, 1.82) is 0 Å². The van der Waals surface area contributed by atoms with E-state index in [1.165, 1.54) is 12.2 Å². The second-order valence-electron chi connectivity index (χ2n) is 4.47. The molecule has 2 atom stereocenters. The number of nitrogens with zero attached hydrogens (tertiary/aromatic N) is 1. The number of hydrogen-bond acceptors (Lipinski definition) is 3. The van der Waals surface area contributed by atoms with Crippen LogP contribution in [0.15, 0.2) is 16.8 Å². The number of thioether (sulfide) groups is 1. The summed E-state index contributed by atoms with van der Waals surface area (Å²) in [4.78, 5) is 14.1. The number of thiophene rings is 1. The standard InChI is InChI=1S/C13H19NOS2/c1-3-17-12-5-4-11(8-12)14(2)13(15)10-6-7-16-9-10/h6-7,9,11-12H,3-5,8H2,1-2H3. The Kier molecular flexibility index (Phi) is 4.51. The number of carbonyl (C=O) groups is 1. The zero-order valence-electron chi connectivity index (χ0n) is 10.4. The lowest BCUT2D eigenvalue weighted by Crippen LogP contribution is -2.35. The van der Waals surface area contributed by atoms with Crippen molar-refractivity contribution >= 4 is 29.0 Å². The second-order valence-corrected chi connectivity index (χ2v) is 6.83. The molecule has 2 nitrogen and oxygen atoms in total. The third kappa shape index (κ3) is 3.05. The summed E-state index contributed by atoms with van der Waals surface area (Å²) >= 11 is 3.62. The van der Waals surface area contributed by atoms with Crippen LogP contribution in [0.5, 0.6) is 0 Å². The third-order valence-corrected chi connectivity index (χ3v) is 5.31. The van der Waals surface area contributed by atoms with E-state index in [0.717, 1.165) is 23.7 Å². The largest absolute Gasteiger partial charge is 0.339 e. The van der Waals surface area contributed by atoms with Gasteiger partial charge < -0.3 is 4.90 Å². The second kappa shape index (κ2) is 5.91. The van der Waals surface area contributed by atoms with Gasteiger partial charge in [-0.3, -0.25) is 4.79 Å². The molecule has 2 unspecified atom stereocenters. The Morgan fingerprint density at radius 1 is 1.59 bits per heavy atom. The van der Waals surface area contributed by atoms with Gasteiger partial charge in [-0.25, -0.2) is 0 Å². The molecule has 0 N–H and O–H groups in total. The fraction of sp³-hybridized carbons (Fsp3) is 0.615. The van der Waals surface area contributed by atoms with Crippen LogP contribution in [0, 0.1) is 0 Å². The summed E-state index contributed by atoms with van der Waals surface area (Å²) in [6, 6.07) is 2.35. The molecule has 0 aromatic carbocycles. The first-order valence-corrected chi connectivity index (χ1v) is 8.12. The van der Waals surface area contributed by atoms with E-state index in [1.807, 2.05) is 40.5 Å². The van der Waals surface area contributed by atoms with Crippen molar-refractivity contribution in [3.8, 4) is 0 Å². The lowest BCUT2D eigenvalue weighted by atomic mass is 10.2. The maximum absolute atomic E-state index is 12.2. The van der Waals surface area contributed by atoms with E-state index < -0.39 is 0 Å². The molecular formula is C13H19NOS2. The normalized spacial score (nSPS) is 23.9. The fourth-order valence-electron chi connectivity index (χ4n) is 2.41. The van der Waals surface area contributed by atoms with Crippen LogP contribution in [0.25, 0.3) is 0 Å². The number of hydrogen-bond donors (Lipinski definition) is 0. The Balaban J connectivity index is 1.93. The van der Waals surface area contributed by atoms with Crippen LogP contribution in [-0.4, -0.2) is 34.9 Å². The first-order chi connectivity index (χ1) is 8.22. The molecule has 1 fully saturated rings. The highest BCUT2D eigenvalue weighted by Crippen LogP contribution is 2.32. The van der Waals surface area contributed by atoms with E-state index in [-0.39, 0.29) is 5.91 Å². The van der Waals surface area contributed by atoms with E-state index in [2.05, 4.69) is 6.92 Å². The van der Waals surface area contributed by atoms with Crippen molar-refractivity contribution in [3.63, 3.8) is 0 Å². The molecule has 0 spiro atoms. The molecule has 0 aliphatic heterocycles. The first-order valence-electron chi connectivity index (χ1n) is 6.13. The van der Waals surface area contributed by atoms with Crippen molar-refractivity contribution < 1.29 is 4.79 Å². The molecule has 1 aromatic rings. The number of carbonyl (C=O) groups excluding carboxylic acids is 1. The van der Waals surface area contributed by atoms with Gasteiger partial charge in [0.2, 0.25) is 0 Å². The lowest BCUT2D eigenvalue weighted by molar-refractivity contribution is 0.0736. The summed E-state index contributed by atoms with van der Waals surface area (Å²) in [7, 11) is 1.95.